The first-order valence-corrected chi connectivity index (χ1v) is 5.42. The molecule has 1 aliphatic heterocycles. The number of hydrogen-bond acceptors (Lipinski definition) is 2. The van der Waals surface area contributed by atoms with Crippen molar-refractivity contribution in [2.45, 2.75) is 32.2 Å². The minimum Gasteiger partial charge on any atom is -0.296 e. The maximum Gasteiger partial charge on any atom is 0.132 e. The third-order valence-corrected chi connectivity index (χ3v) is 3.35. The number of benzene rings is 1. The van der Waals surface area contributed by atoms with Gasteiger partial charge in [-0.05, 0) is 49.9 Å². The zero-order valence-electron chi connectivity index (χ0n) is 9.30. The van der Waals surface area contributed by atoms with Crippen LogP contribution in [0.5, 0.6) is 0 Å². The molecule has 0 amide bonds. The fraction of sp³-hybridized carbons (Fsp3) is 0.462. The molecule has 1 aliphatic rings. The molecule has 1 aromatic rings. The van der Waals surface area contributed by atoms with Crippen LogP contribution in [0, 0.1) is 25.2 Å². The first-order chi connectivity index (χ1) is 7.18. The van der Waals surface area contributed by atoms with Gasteiger partial charge >= 0.3 is 0 Å². The second-order valence-electron chi connectivity index (χ2n) is 4.35. The zero-order chi connectivity index (χ0) is 10.9. The van der Waals surface area contributed by atoms with Crippen molar-refractivity contribution in [3.05, 3.63) is 34.9 Å². The number of rotatable bonds is 1. The van der Waals surface area contributed by atoms with Crippen LogP contribution in [0.15, 0.2) is 18.2 Å². The topological polar surface area (TPSA) is 35.8 Å². The SMILES string of the molecule is Cc1ccc(C2(C#N)CCCN2)cc1C. The minimum atomic E-state index is -0.432. The summed E-state index contributed by atoms with van der Waals surface area (Å²) in [5.41, 5.74) is 3.23. The van der Waals surface area contributed by atoms with E-state index in [0.29, 0.717) is 0 Å². The standard InChI is InChI=1S/C13H16N2/c1-10-4-5-12(8-11(10)2)13(9-14)6-3-7-15-13/h4-5,8,15H,3,6-7H2,1-2H3. The van der Waals surface area contributed by atoms with E-state index in [2.05, 4.69) is 43.4 Å². The molecule has 0 spiro atoms. The summed E-state index contributed by atoms with van der Waals surface area (Å²) in [4.78, 5) is 0. The molecular formula is C13H16N2. The molecule has 1 aromatic carbocycles. The molecule has 1 atom stereocenters. The van der Waals surface area contributed by atoms with Gasteiger partial charge in [0.2, 0.25) is 0 Å². The predicted octanol–water partition coefficient (Wildman–Crippen LogP) is 2.41. The molecule has 78 valence electrons. The molecule has 0 bridgehead atoms. The normalized spacial score (nSPS) is 25.1. The van der Waals surface area contributed by atoms with Gasteiger partial charge in [0.1, 0.15) is 5.54 Å². The third kappa shape index (κ3) is 1.64. The Bertz CT molecular complexity index is 409. The van der Waals surface area contributed by atoms with Crippen molar-refractivity contribution < 1.29 is 0 Å². The summed E-state index contributed by atoms with van der Waals surface area (Å²) in [6.45, 7) is 5.14. The quantitative estimate of drug-likeness (QED) is 0.755. The lowest BCUT2D eigenvalue weighted by molar-refractivity contribution is 0.509. The average Bonchev–Trinajstić information content (AvgIpc) is 2.72. The minimum absolute atomic E-state index is 0.432. The van der Waals surface area contributed by atoms with Crippen LogP contribution >= 0.6 is 0 Å². The lowest BCUT2D eigenvalue weighted by Crippen LogP contribution is -2.35. The highest BCUT2D eigenvalue weighted by Gasteiger charge is 2.35. The summed E-state index contributed by atoms with van der Waals surface area (Å²) in [7, 11) is 0. The van der Waals surface area contributed by atoms with Gasteiger partial charge in [-0.3, -0.25) is 5.32 Å². The zero-order valence-corrected chi connectivity index (χ0v) is 9.30. The summed E-state index contributed by atoms with van der Waals surface area (Å²) >= 11 is 0. The van der Waals surface area contributed by atoms with E-state index in [1.54, 1.807) is 0 Å². The van der Waals surface area contributed by atoms with Crippen LogP contribution in [0.1, 0.15) is 29.5 Å². The Labute approximate surface area is 90.9 Å². The van der Waals surface area contributed by atoms with Crippen LogP contribution in [0.2, 0.25) is 0 Å². The molecule has 15 heavy (non-hydrogen) atoms. The van der Waals surface area contributed by atoms with Gasteiger partial charge < -0.3 is 0 Å². The highest BCUT2D eigenvalue weighted by Crippen LogP contribution is 2.31. The third-order valence-electron chi connectivity index (χ3n) is 3.35. The van der Waals surface area contributed by atoms with Gasteiger partial charge in [0.15, 0.2) is 0 Å². The molecule has 1 unspecified atom stereocenters. The van der Waals surface area contributed by atoms with E-state index in [1.807, 2.05) is 0 Å². The highest BCUT2D eigenvalue weighted by atomic mass is 15.0. The number of nitrogens with one attached hydrogen (secondary N) is 1. The molecule has 0 aromatic heterocycles. The number of nitriles is 1. The van der Waals surface area contributed by atoms with E-state index in [0.717, 1.165) is 24.9 Å². The van der Waals surface area contributed by atoms with Gasteiger partial charge in [-0.25, -0.2) is 0 Å². The summed E-state index contributed by atoms with van der Waals surface area (Å²) in [6.07, 6.45) is 2.01. The molecule has 0 saturated carbocycles. The van der Waals surface area contributed by atoms with Crippen molar-refractivity contribution in [1.29, 1.82) is 5.26 Å². The van der Waals surface area contributed by atoms with E-state index in [4.69, 9.17) is 0 Å². The molecule has 0 aliphatic carbocycles. The lowest BCUT2D eigenvalue weighted by Gasteiger charge is -2.22. The summed E-state index contributed by atoms with van der Waals surface area (Å²) in [6, 6.07) is 8.74. The predicted molar refractivity (Wildman–Crippen MR) is 60.4 cm³/mol. The Hall–Kier alpha value is -1.33. The second kappa shape index (κ2) is 3.67. The Kier molecular flexibility index (Phi) is 2.50. The van der Waals surface area contributed by atoms with Crippen molar-refractivity contribution in [1.82, 2.24) is 5.32 Å². The van der Waals surface area contributed by atoms with Crippen LogP contribution in [-0.4, -0.2) is 6.54 Å². The van der Waals surface area contributed by atoms with Gasteiger partial charge in [0.05, 0.1) is 6.07 Å². The van der Waals surface area contributed by atoms with Crippen molar-refractivity contribution >= 4 is 0 Å². The molecule has 2 rings (SSSR count). The molecule has 1 saturated heterocycles. The Morgan fingerprint density at radius 2 is 2.13 bits per heavy atom. The molecule has 1 N–H and O–H groups in total. The molecule has 1 heterocycles. The van der Waals surface area contributed by atoms with Crippen LogP contribution < -0.4 is 5.32 Å². The number of nitrogens with zero attached hydrogens (tertiary/aromatic N) is 1. The summed E-state index contributed by atoms with van der Waals surface area (Å²) < 4.78 is 0. The van der Waals surface area contributed by atoms with Crippen molar-refractivity contribution in [2.24, 2.45) is 0 Å². The van der Waals surface area contributed by atoms with E-state index in [-0.39, 0.29) is 0 Å². The second-order valence-corrected chi connectivity index (χ2v) is 4.35. The van der Waals surface area contributed by atoms with Crippen LogP contribution in [-0.2, 0) is 5.54 Å². The van der Waals surface area contributed by atoms with Gasteiger partial charge in [-0.2, -0.15) is 5.26 Å². The van der Waals surface area contributed by atoms with E-state index >= 15 is 0 Å². The largest absolute Gasteiger partial charge is 0.296 e. The number of aryl methyl sites for hydroxylation is 2. The molecule has 2 heteroatoms. The van der Waals surface area contributed by atoms with Gasteiger partial charge in [0.25, 0.3) is 0 Å². The molecule has 2 nitrogen and oxygen atoms in total. The van der Waals surface area contributed by atoms with E-state index < -0.39 is 5.54 Å². The van der Waals surface area contributed by atoms with Gasteiger partial charge in [-0.1, -0.05) is 18.2 Å². The van der Waals surface area contributed by atoms with Crippen molar-refractivity contribution in [3.8, 4) is 6.07 Å². The van der Waals surface area contributed by atoms with E-state index in [1.165, 1.54) is 11.1 Å². The smallest absolute Gasteiger partial charge is 0.132 e. The van der Waals surface area contributed by atoms with Crippen LogP contribution in [0.3, 0.4) is 0 Å². The Morgan fingerprint density at radius 1 is 1.33 bits per heavy atom. The van der Waals surface area contributed by atoms with Crippen molar-refractivity contribution in [2.75, 3.05) is 6.54 Å². The number of hydrogen-bond donors (Lipinski definition) is 1. The fourth-order valence-electron chi connectivity index (χ4n) is 2.16. The maximum absolute atomic E-state index is 9.32. The first kappa shape index (κ1) is 10.2. The summed E-state index contributed by atoms with van der Waals surface area (Å²) in [5, 5.41) is 12.6. The first-order valence-electron chi connectivity index (χ1n) is 5.42. The maximum atomic E-state index is 9.32. The van der Waals surface area contributed by atoms with Crippen LogP contribution in [0.4, 0.5) is 0 Å². The monoisotopic (exact) mass is 200 g/mol. The van der Waals surface area contributed by atoms with Gasteiger partial charge in [-0.15, -0.1) is 0 Å². The molecule has 0 radical (unpaired) electrons. The Balaban J connectivity index is 2.44. The van der Waals surface area contributed by atoms with Crippen molar-refractivity contribution in [3.63, 3.8) is 0 Å². The van der Waals surface area contributed by atoms with E-state index in [9.17, 15) is 5.26 Å². The van der Waals surface area contributed by atoms with Gasteiger partial charge in [0, 0.05) is 0 Å². The molecule has 1 fully saturated rings. The van der Waals surface area contributed by atoms with Crippen LogP contribution in [0.25, 0.3) is 0 Å². The highest BCUT2D eigenvalue weighted by molar-refractivity contribution is 5.38. The summed E-state index contributed by atoms with van der Waals surface area (Å²) in [5.74, 6) is 0. The fourth-order valence-corrected chi connectivity index (χ4v) is 2.16. The average molecular weight is 200 g/mol. The molecular weight excluding hydrogens is 184 g/mol. The Morgan fingerprint density at radius 3 is 2.67 bits per heavy atom. The lowest BCUT2D eigenvalue weighted by atomic mass is 9.88.